The Bertz CT molecular complexity index is 421. The number of esters is 1. The molecule has 0 aliphatic heterocycles. The highest BCUT2D eigenvalue weighted by Gasteiger charge is 2.32. The Labute approximate surface area is 103 Å². The van der Waals surface area contributed by atoms with Crippen molar-refractivity contribution in [2.75, 3.05) is 0 Å². The minimum Gasteiger partial charge on any atom is -0.457 e. The number of hydrogen-bond acceptors (Lipinski definition) is 2. The van der Waals surface area contributed by atoms with Crippen LogP contribution in [0.1, 0.15) is 50.8 Å². The summed E-state index contributed by atoms with van der Waals surface area (Å²) in [6.07, 6.45) is 2.70. The van der Waals surface area contributed by atoms with Crippen LogP contribution in [-0.4, -0.2) is 5.97 Å². The number of carbonyl (C=O) groups is 1. The predicted octanol–water partition coefficient (Wildman–Crippen LogP) is 3.65. The van der Waals surface area contributed by atoms with E-state index in [1.807, 2.05) is 32.9 Å². The molecule has 0 saturated carbocycles. The fourth-order valence-corrected chi connectivity index (χ4v) is 2.07. The molecule has 2 rings (SSSR count). The Morgan fingerprint density at radius 1 is 1.41 bits per heavy atom. The zero-order chi connectivity index (χ0) is 12.5. The van der Waals surface area contributed by atoms with Crippen molar-refractivity contribution in [3.63, 3.8) is 0 Å². The number of carbonyl (C=O) groups excluding carboxylic acids is 1. The van der Waals surface area contributed by atoms with Crippen LogP contribution < -0.4 is 0 Å². The maximum atomic E-state index is 12.0. The molecule has 0 radical (unpaired) electrons. The third-order valence-corrected chi connectivity index (χ3v) is 3.76. The van der Waals surface area contributed by atoms with Crippen LogP contribution in [0.4, 0.5) is 0 Å². The molecule has 0 heterocycles. The van der Waals surface area contributed by atoms with Crippen molar-refractivity contribution >= 4 is 5.97 Å². The quantitative estimate of drug-likeness (QED) is 0.743. The molecule has 1 aromatic carbocycles. The standard InChI is InChI=1S/C15H20O2/c1-4-15(2,3)14(16)17-13-10-9-11-7-5-6-8-12(11)13/h5-8,13H,4,9-10H2,1-3H3. The second-order valence-electron chi connectivity index (χ2n) is 5.37. The number of hydrogen-bond donors (Lipinski definition) is 0. The molecule has 0 aromatic heterocycles. The second kappa shape index (κ2) is 4.52. The summed E-state index contributed by atoms with van der Waals surface area (Å²) < 4.78 is 5.65. The highest BCUT2D eigenvalue weighted by atomic mass is 16.5. The van der Waals surface area contributed by atoms with Crippen LogP contribution in [-0.2, 0) is 16.0 Å². The van der Waals surface area contributed by atoms with Gasteiger partial charge in [-0.15, -0.1) is 0 Å². The molecule has 0 bridgehead atoms. The van der Waals surface area contributed by atoms with Crippen molar-refractivity contribution in [3.05, 3.63) is 35.4 Å². The SMILES string of the molecule is CCC(C)(C)C(=O)OC1CCc2ccccc21. The summed E-state index contributed by atoms with van der Waals surface area (Å²) in [5.41, 5.74) is 2.13. The number of aryl methyl sites for hydroxylation is 1. The summed E-state index contributed by atoms with van der Waals surface area (Å²) in [7, 11) is 0. The fraction of sp³-hybridized carbons (Fsp3) is 0.533. The van der Waals surface area contributed by atoms with Gasteiger partial charge in [0.2, 0.25) is 0 Å². The van der Waals surface area contributed by atoms with Crippen LogP contribution in [0.3, 0.4) is 0 Å². The Kier molecular flexibility index (Phi) is 3.23. The van der Waals surface area contributed by atoms with Gasteiger partial charge in [0.1, 0.15) is 6.10 Å². The first kappa shape index (κ1) is 12.2. The molecule has 0 amide bonds. The van der Waals surface area contributed by atoms with E-state index in [4.69, 9.17) is 4.74 Å². The Balaban J connectivity index is 2.10. The van der Waals surface area contributed by atoms with Crippen molar-refractivity contribution in [1.82, 2.24) is 0 Å². The Morgan fingerprint density at radius 3 is 2.82 bits per heavy atom. The van der Waals surface area contributed by atoms with Crippen LogP contribution in [0.2, 0.25) is 0 Å². The minimum atomic E-state index is -0.377. The van der Waals surface area contributed by atoms with E-state index in [0.29, 0.717) is 0 Å². The third kappa shape index (κ3) is 2.36. The van der Waals surface area contributed by atoms with Crippen molar-refractivity contribution in [3.8, 4) is 0 Å². The number of benzene rings is 1. The third-order valence-electron chi connectivity index (χ3n) is 3.76. The highest BCUT2D eigenvalue weighted by Crippen LogP contribution is 2.35. The molecule has 92 valence electrons. The molecule has 0 saturated heterocycles. The van der Waals surface area contributed by atoms with Crippen LogP contribution >= 0.6 is 0 Å². The maximum absolute atomic E-state index is 12.0. The van der Waals surface area contributed by atoms with E-state index in [1.54, 1.807) is 0 Å². The van der Waals surface area contributed by atoms with Crippen molar-refractivity contribution in [2.24, 2.45) is 5.41 Å². The molecule has 0 fully saturated rings. The number of fused-ring (bicyclic) bond motifs is 1. The van der Waals surface area contributed by atoms with Gasteiger partial charge in [-0.1, -0.05) is 31.2 Å². The molecule has 2 nitrogen and oxygen atoms in total. The smallest absolute Gasteiger partial charge is 0.312 e. The van der Waals surface area contributed by atoms with E-state index >= 15 is 0 Å². The van der Waals surface area contributed by atoms with E-state index in [9.17, 15) is 4.79 Å². The molecule has 1 aliphatic rings. The average Bonchev–Trinajstić information content (AvgIpc) is 2.73. The first-order chi connectivity index (χ1) is 8.04. The lowest BCUT2D eigenvalue weighted by Crippen LogP contribution is -2.26. The van der Waals surface area contributed by atoms with Gasteiger partial charge in [-0.3, -0.25) is 4.79 Å². The van der Waals surface area contributed by atoms with Gasteiger partial charge < -0.3 is 4.74 Å². The first-order valence-electron chi connectivity index (χ1n) is 6.33. The predicted molar refractivity (Wildman–Crippen MR) is 67.7 cm³/mol. The van der Waals surface area contributed by atoms with Crippen LogP contribution in [0.5, 0.6) is 0 Å². The van der Waals surface area contributed by atoms with Gasteiger partial charge in [-0.2, -0.15) is 0 Å². The zero-order valence-corrected chi connectivity index (χ0v) is 10.8. The Hall–Kier alpha value is -1.31. The summed E-state index contributed by atoms with van der Waals surface area (Å²) in [5, 5.41) is 0. The summed E-state index contributed by atoms with van der Waals surface area (Å²) in [6.45, 7) is 5.90. The topological polar surface area (TPSA) is 26.3 Å². The van der Waals surface area contributed by atoms with Gasteiger partial charge in [0.15, 0.2) is 0 Å². The highest BCUT2D eigenvalue weighted by molar-refractivity contribution is 5.76. The largest absolute Gasteiger partial charge is 0.457 e. The number of ether oxygens (including phenoxy) is 1. The van der Waals surface area contributed by atoms with Gasteiger partial charge in [0.05, 0.1) is 5.41 Å². The lowest BCUT2D eigenvalue weighted by atomic mass is 9.90. The lowest BCUT2D eigenvalue weighted by molar-refractivity contribution is -0.160. The van der Waals surface area contributed by atoms with E-state index < -0.39 is 0 Å². The summed E-state index contributed by atoms with van der Waals surface area (Å²) >= 11 is 0. The van der Waals surface area contributed by atoms with Crippen LogP contribution in [0, 0.1) is 5.41 Å². The van der Waals surface area contributed by atoms with E-state index in [1.165, 1.54) is 11.1 Å². The Morgan fingerprint density at radius 2 is 2.12 bits per heavy atom. The van der Waals surface area contributed by atoms with Crippen LogP contribution in [0.15, 0.2) is 24.3 Å². The van der Waals surface area contributed by atoms with Crippen molar-refractivity contribution < 1.29 is 9.53 Å². The molecule has 0 N–H and O–H groups in total. The van der Waals surface area contributed by atoms with E-state index in [-0.39, 0.29) is 17.5 Å². The fourth-order valence-electron chi connectivity index (χ4n) is 2.07. The molecule has 1 aromatic rings. The number of rotatable bonds is 3. The van der Waals surface area contributed by atoms with Crippen molar-refractivity contribution in [1.29, 1.82) is 0 Å². The van der Waals surface area contributed by atoms with Crippen LogP contribution in [0.25, 0.3) is 0 Å². The van der Waals surface area contributed by atoms with Gasteiger partial charge in [-0.25, -0.2) is 0 Å². The molecule has 1 unspecified atom stereocenters. The van der Waals surface area contributed by atoms with Gasteiger partial charge >= 0.3 is 5.97 Å². The lowest BCUT2D eigenvalue weighted by Gasteiger charge is -2.23. The van der Waals surface area contributed by atoms with Gasteiger partial charge in [0.25, 0.3) is 0 Å². The van der Waals surface area contributed by atoms with Crippen molar-refractivity contribution in [2.45, 2.75) is 46.1 Å². The zero-order valence-electron chi connectivity index (χ0n) is 10.8. The molecule has 1 aliphatic carbocycles. The van der Waals surface area contributed by atoms with E-state index in [0.717, 1.165) is 19.3 Å². The summed E-state index contributed by atoms with van der Waals surface area (Å²) in [5.74, 6) is -0.0818. The molecule has 2 heteroatoms. The molecule has 17 heavy (non-hydrogen) atoms. The summed E-state index contributed by atoms with van der Waals surface area (Å²) in [4.78, 5) is 12.0. The first-order valence-corrected chi connectivity index (χ1v) is 6.33. The monoisotopic (exact) mass is 232 g/mol. The minimum absolute atomic E-state index is 0.0375. The van der Waals surface area contributed by atoms with Gasteiger partial charge in [-0.05, 0) is 44.2 Å². The maximum Gasteiger partial charge on any atom is 0.312 e. The molecule has 1 atom stereocenters. The normalized spacial score (nSPS) is 18.9. The second-order valence-corrected chi connectivity index (χ2v) is 5.37. The average molecular weight is 232 g/mol. The van der Waals surface area contributed by atoms with Gasteiger partial charge in [0, 0.05) is 0 Å². The van der Waals surface area contributed by atoms with E-state index in [2.05, 4.69) is 12.1 Å². The molecular weight excluding hydrogens is 212 g/mol. The summed E-state index contributed by atoms with van der Waals surface area (Å²) in [6, 6.07) is 8.24. The molecular formula is C15H20O2. The molecule has 0 spiro atoms.